The molecule has 7 nitrogen and oxygen atoms in total. The van der Waals surface area contributed by atoms with Crippen molar-refractivity contribution in [2.75, 3.05) is 0 Å². The zero-order valence-corrected chi connectivity index (χ0v) is 11.5. The van der Waals surface area contributed by atoms with Gasteiger partial charge in [0.15, 0.2) is 0 Å². The minimum atomic E-state index is -4.90. The van der Waals surface area contributed by atoms with E-state index >= 15 is 0 Å². The second kappa shape index (κ2) is 5.27. The van der Waals surface area contributed by atoms with E-state index in [1.165, 1.54) is 0 Å². The summed E-state index contributed by atoms with van der Waals surface area (Å²) < 4.78 is 22.4. The van der Waals surface area contributed by atoms with E-state index in [2.05, 4.69) is 0 Å². The molecule has 0 spiro atoms. The molecule has 98 valence electrons. The highest BCUT2D eigenvalue weighted by atomic mass is 31.2. The Morgan fingerprint density at radius 3 is 1.12 bits per heavy atom. The molecule has 0 rings (SSSR count). The van der Waals surface area contributed by atoms with E-state index < -0.39 is 20.7 Å². The molecule has 0 aromatic heterocycles. The number of hydrogen-bond donors (Lipinski definition) is 4. The third kappa shape index (κ3) is 4.26. The van der Waals surface area contributed by atoms with Crippen molar-refractivity contribution in [3.05, 3.63) is 0 Å². The minimum absolute atomic E-state index is 0.384. The first-order chi connectivity index (χ1) is 6.89. The van der Waals surface area contributed by atoms with Crippen LogP contribution in [0.15, 0.2) is 0 Å². The number of hydrogen-bond acceptors (Lipinski definition) is 3. The number of rotatable bonds is 5. The molecule has 0 aromatic rings. The maximum Gasteiger partial charge on any atom is 0.355 e. The van der Waals surface area contributed by atoms with Crippen LogP contribution in [0.4, 0.5) is 0 Å². The van der Waals surface area contributed by atoms with Gasteiger partial charge in [-0.3, -0.25) is 14.0 Å². The van der Waals surface area contributed by atoms with Crippen LogP contribution in [0.25, 0.3) is 0 Å². The molecular weight excluding hydrogens is 256 g/mol. The first-order valence-corrected chi connectivity index (χ1v) is 8.13. The van der Waals surface area contributed by atoms with E-state index in [0.29, 0.717) is 0 Å². The molecule has 0 fully saturated rings. The first-order valence-electron chi connectivity index (χ1n) is 4.77. The van der Waals surface area contributed by atoms with Crippen LogP contribution in [0.3, 0.4) is 0 Å². The molecule has 0 saturated heterocycles. The van der Waals surface area contributed by atoms with Crippen LogP contribution in [-0.4, -0.2) is 42.1 Å². The third-order valence-electron chi connectivity index (χ3n) is 2.06. The first kappa shape index (κ1) is 16.3. The lowest BCUT2D eigenvalue weighted by Gasteiger charge is -2.37. The van der Waals surface area contributed by atoms with Gasteiger partial charge < -0.3 is 19.6 Å². The van der Waals surface area contributed by atoms with Gasteiger partial charge in [0, 0.05) is 12.1 Å². The quantitative estimate of drug-likeness (QED) is 0.546. The van der Waals surface area contributed by atoms with Gasteiger partial charge >= 0.3 is 15.2 Å². The summed E-state index contributed by atoms with van der Waals surface area (Å²) in [5.41, 5.74) is -2.07. The Balaban J connectivity index is 5.50. The van der Waals surface area contributed by atoms with Gasteiger partial charge in [-0.15, -0.1) is 0 Å². The normalized spacial score (nSPS) is 14.5. The van der Waals surface area contributed by atoms with Crippen LogP contribution in [0.2, 0.25) is 0 Å². The summed E-state index contributed by atoms with van der Waals surface area (Å²) >= 11 is 0. The largest absolute Gasteiger partial charge is 0.355 e. The zero-order valence-electron chi connectivity index (χ0n) is 9.68. The van der Waals surface area contributed by atoms with E-state index in [0.717, 1.165) is 4.90 Å². The smallest absolute Gasteiger partial charge is 0.323 e. The highest BCUT2D eigenvalue weighted by Gasteiger charge is 2.49. The van der Waals surface area contributed by atoms with Crippen molar-refractivity contribution in [1.29, 1.82) is 0 Å². The van der Waals surface area contributed by atoms with Crippen molar-refractivity contribution in [2.45, 2.75) is 45.3 Å². The lowest BCUT2D eigenvalue weighted by Crippen LogP contribution is -2.44. The molecule has 0 aliphatic carbocycles. The molecule has 0 unspecified atom stereocenters. The van der Waals surface area contributed by atoms with Crippen LogP contribution in [0.1, 0.15) is 27.7 Å². The summed E-state index contributed by atoms with van der Waals surface area (Å²) in [5.74, 6) is 0. The van der Waals surface area contributed by atoms with Gasteiger partial charge in [-0.25, -0.2) is 0 Å². The van der Waals surface area contributed by atoms with Gasteiger partial charge in [-0.2, -0.15) is 0 Å². The van der Waals surface area contributed by atoms with Crippen molar-refractivity contribution in [1.82, 2.24) is 4.90 Å². The Bertz CT molecular complexity index is 289. The van der Waals surface area contributed by atoms with Crippen LogP contribution < -0.4 is 0 Å². The Morgan fingerprint density at radius 2 is 1.06 bits per heavy atom. The topological polar surface area (TPSA) is 118 Å². The summed E-state index contributed by atoms with van der Waals surface area (Å²) in [5, 5.41) is 0. The fourth-order valence-electron chi connectivity index (χ4n) is 1.67. The second-order valence-corrected chi connectivity index (χ2v) is 7.90. The zero-order chi connectivity index (χ0) is 13.3. The van der Waals surface area contributed by atoms with Gasteiger partial charge in [0.05, 0.1) is 0 Å². The van der Waals surface area contributed by atoms with Gasteiger partial charge in [-0.1, -0.05) is 0 Å². The maximum atomic E-state index is 11.2. The molecule has 0 atom stereocenters. The minimum Gasteiger partial charge on any atom is -0.323 e. The molecule has 16 heavy (non-hydrogen) atoms. The summed E-state index contributed by atoms with van der Waals surface area (Å²) in [6.07, 6.45) is 0. The number of nitrogens with zero attached hydrogens (tertiary/aromatic N) is 1. The standard InChI is InChI=1S/C7H19NO6P2/c1-5(2)8(6(3)4)7(15(9,10)11)16(12,13)14/h5-7H,1-4H3,(H2,9,10,11)(H2,12,13,14). The summed E-state index contributed by atoms with van der Waals surface area (Å²) in [6.45, 7) is 6.49. The van der Waals surface area contributed by atoms with Gasteiger partial charge in [0.2, 0.25) is 5.52 Å². The summed E-state index contributed by atoms with van der Waals surface area (Å²) in [7, 11) is -9.80. The van der Waals surface area contributed by atoms with Crippen molar-refractivity contribution in [3.63, 3.8) is 0 Å². The average Bonchev–Trinajstić information content (AvgIpc) is 1.93. The van der Waals surface area contributed by atoms with Crippen molar-refractivity contribution >= 4 is 15.2 Å². The molecule has 9 heteroatoms. The van der Waals surface area contributed by atoms with Gasteiger partial charge in [-0.05, 0) is 27.7 Å². The molecule has 0 aliphatic heterocycles. The highest BCUT2D eigenvalue weighted by molar-refractivity contribution is 7.70. The molecule has 0 radical (unpaired) electrons. The fraction of sp³-hybridized carbons (Fsp3) is 1.00. The molecule has 4 N–H and O–H groups in total. The molecule has 0 saturated carbocycles. The SMILES string of the molecule is CC(C)N(C(C)C)C(P(=O)(O)O)P(=O)(O)O. The third-order valence-corrected chi connectivity index (χ3v) is 5.60. The highest BCUT2D eigenvalue weighted by Crippen LogP contribution is 2.61. The van der Waals surface area contributed by atoms with Crippen LogP contribution in [0, 0.1) is 0 Å². The molecule has 0 amide bonds. The lowest BCUT2D eigenvalue weighted by atomic mass is 10.2. The Morgan fingerprint density at radius 1 is 0.812 bits per heavy atom. The van der Waals surface area contributed by atoms with E-state index in [9.17, 15) is 9.13 Å². The average molecular weight is 275 g/mol. The van der Waals surface area contributed by atoms with E-state index in [4.69, 9.17) is 19.6 Å². The predicted molar refractivity (Wildman–Crippen MR) is 60.0 cm³/mol. The van der Waals surface area contributed by atoms with Crippen LogP contribution >= 0.6 is 15.2 Å². The van der Waals surface area contributed by atoms with E-state index in [-0.39, 0.29) is 12.1 Å². The van der Waals surface area contributed by atoms with Gasteiger partial charge in [0.1, 0.15) is 0 Å². The Labute approximate surface area is 94.8 Å². The monoisotopic (exact) mass is 275 g/mol. The van der Waals surface area contributed by atoms with Crippen molar-refractivity contribution < 1.29 is 28.7 Å². The molecule has 0 aromatic carbocycles. The Hall–Kier alpha value is 0.260. The fourth-order valence-corrected chi connectivity index (χ4v) is 5.00. The van der Waals surface area contributed by atoms with Crippen molar-refractivity contribution in [2.24, 2.45) is 0 Å². The second-order valence-electron chi connectivity index (χ2n) is 4.16. The predicted octanol–water partition coefficient (Wildman–Crippen LogP) is 0.744. The van der Waals surface area contributed by atoms with Crippen LogP contribution in [-0.2, 0) is 9.13 Å². The molecular formula is C7H19NO6P2. The molecule has 0 heterocycles. The van der Waals surface area contributed by atoms with E-state index in [1.54, 1.807) is 27.7 Å². The van der Waals surface area contributed by atoms with E-state index in [1.807, 2.05) is 0 Å². The molecule has 0 aliphatic rings. The summed E-state index contributed by atoms with van der Waals surface area (Å²) in [4.78, 5) is 37.4. The lowest BCUT2D eigenvalue weighted by molar-refractivity contribution is 0.152. The van der Waals surface area contributed by atoms with Gasteiger partial charge in [0.25, 0.3) is 0 Å². The summed E-state index contributed by atoms with van der Waals surface area (Å²) in [6, 6.07) is -0.768. The Kier molecular flexibility index (Phi) is 5.36. The maximum absolute atomic E-state index is 11.2. The van der Waals surface area contributed by atoms with Crippen LogP contribution in [0.5, 0.6) is 0 Å². The molecule has 0 bridgehead atoms. The van der Waals surface area contributed by atoms with Crippen molar-refractivity contribution in [3.8, 4) is 0 Å².